The number of carbonyl (C=O) groups excluding carboxylic acids is 1. The van der Waals surface area contributed by atoms with Crippen LogP contribution in [-0.2, 0) is 13.0 Å². The van der Waals surface area contributed by atoms with Crippen LogP contribution >= 0.6 is 0 Å². The summed E-state index contributed by atoms with van der Waals surface area (Å²) in [5.41, 5.74) is 0.907. The smallest absolute Gasteiger partial charge is 0.350 e. The van der Waals surface area contributed by atoms with Crippen molar-refractivity contribution in [3.63, 3.8) is 0 Å². The van der Waals surface area contributed by atoms with Crippen molar-refractivity contribution < 1.29 is 13.9 Å². The van der Waals surface area contributed by atoms with Gasteiger partial charge in [0.2, 0.25) is 0 Å². The normalized spacial score (nSPS) is 16.0. The third-order valence-electron chi connectivity index (χ3n) is 6.99. The van der Waals surface area contributed by atoms with Crippen molar-refractivity contribution in [3.05, 3.63) is 57.4 Å². The Hall–Kier alpha value is -3.56. The number of ether oxygens (including phenoxy) is 1. The van der Waals surface area contributed by atoms with Gasteiger partial charge in [0.25, 0.3) is 5.91 Å². The highest BCUT2D eigenvalue weighted by molar-refractivity contribution is 6.06. The summed E-state index contributed by atoms with van der Waals surface area (Å²) in [4.78, 5) is 34.8. The standard InChI is InChI=1S/C26H31FN6O3/c1-16-14-28-24(17(2)29-16)30-25(34)19-12-20(27)21(13-22(19)36-15-18-8-4-3-5-9-18)33-26(35)32-11-7-6-10-23(32)31-33/h12-14,18H,3-11,15H2,1-2H3,(H,28,30,34). The molecule has 36 heavy (non-hydrogen) atoms. The number of amides is 1. The maximum atomic E-state index is 15.4. The lowest BCUT2D eigenvalue weighted by atomic mass is 9.90. The first-order valence-electron chi connectivity index (χ1n) is 12.7. The summed E-state index contributed by atoms with van der Waals surface area (Å²) in [6, 6.07) is 2.53. The van der Waals surface area contributed by atoms with Crippen molar-refractivity contribution in [1.29, 1.82) is 0 Å². The lowest BCUT2D eigenvalue weighted by Crippen LogP contribution is -2.27. The molecular weight excluding hydrogens is 463 g/mol. The third kappa shape index (κ3) is 4.89. The van der Waals surface area contributed by atoms with E-state index in [1.165, 1.54) is 12.5 Å². The molecule has 190 valence electrons. The van der Waals surface area contributed by atoms with E-state index in [1.807, 2.05) is 6.92 Å². The molecule has 3 aromatic rings. The molecule has 0 atom stereocenters. The highest BCUT2D eigenvalue weighted by Crippen LogP contribution is 2.29. The predicted molar refractivity (Wildman–Crippen MR) is 132 cm³/mol. The molecule has 2 aliphatic rings. The average Bonchev–Trinajstić information content (AvgIpc) is 3.21. The maximum Gasteiger partial charge on any atom is 0.350 e. The Morgan fingerprint density at radius 1 is 1.17 bits per heavy atom. The van der Waals surface area contributed by atoms with E-state index in [2.05, 4.69) is 20.4 Å². The van der Waals surface area contributed by atoms with Gasteiger partial charge in [0, 0.05) is 19.0 Å². The Kier molecular flexibility index (Phi) is 6.84. The fourth-order valence-electron chi connectivity index (χ4n) is 5.02. The molecule has 1 aromatic carbocycles. The van der Waals surface area contributed by atoms with Gasteiger partial charge in [0.15, 0.2) is 5.82 Å². The molecule has 3 heterocycles. The number of benzene rings is 1. The molecule has 9 nitrogen and oxygen atoms in total. The topological polar surface area (TPSA) is 104 Å². The Balaban J connectivity index is 1.51. The minimum atomic E-state index is -0.727. The number of anilines is 1. The van der Waals surface area contributed by atoms with Crippen molar-refractivity contribution in [2.24, 2.45) is 5.92 Å². The van der Waals surface area contributed by atoms with E-state index in [-0.39, 0.29) is 22.7 Å². The lowest BCUT2D eigenvalue weighted by molar-refractivity contribution is 0.102. The summed E-state index contributed by atoms with van der Waals surface area (Å²) >= 11 is 0. The Morgan fingerprint density at radius 2 is 1.97 bits per heavy atom. The number of halogens is 1. The number of hydrogen-bond acceptors (Lipinski definition) is 6. The average molecular weight is 495 g/mol. The van der Waals surface area contributed by atoms with Crippen LogP contribution in [0.3, 0.4) is 0 Å². The largest absolute Gasteiger partial charge is 0.492 e. The van der Waals surface area contributed by atoms with E-state index in [1.54, 1.807) is 17.7 Å². The molecule has 1 aliphatic heterocycles. The van der Waals surface area contributed by atoms with E-state index < -0.39 is 11.7 Å². The zero-order chi connectivity index (χ0) is 25.2. The summed E-state index contributed by atoms with van der Waals surface area (Å²) in [5, 5.41) is 7.11. The molecule has 0 bridgehead atoms. The zero-order valence-electron chi connectivity index (χ0n) is 20.7. The first-order valence-corrected chi connectivity index (χ1v) is 12.7. The molecule has 1 fully saturated rings. The maximum absolute atomic E-state index is 15.4. The molecule has 1 amide bonds. The molecule has 1 saturated carbocycles. The van der Waals surface area contributed by atoms with E-state index in [4.69, 9.17) is 4.74 Å². The number of aromatic nitrogens is 5. The van der Waals surface area contributed by atoms with Crippen LogP contribution in [0.5, 0.6) is 5.75 Å². The van der Waals surface area contributed by atoms with Gasteiger partial charge in [-0.25, -0.2) is 14.2 Å². The van der Waals surface area contributed by atoms with Crippen LogP contribution in [0.25, 0.3) is 5.69 Å². The molecule has 1 aliphatic carbocycles. The predicted octanol–water partition coefficient (Wildman–Crippen LogP) is 4.13. The summed E-state index contributed by atoms with van der Waals surface area (Å²) in [5.74, 6) is 0.240. The van der Waals surface area contributed by atoms with Gasteiger partial charge in [-0.2, -0.15) is 4.68 Å². The van der Waals surface area contributed by atoms with Crippen LogP contribution in [0.15, 0.2) is 23.1 Å². The van der Waals surface area contributed by atoms with Gasteiger partial charge in [-0.1, -0.05) is 19.3 Å². The first-order chi connectivity index (χ1) is 17.4. The Labute approximate surface area is 208 Å². The molecule has 2 aromatic heterocycles. The molecule has 1 N–H and O–H groups in total. The Morgan fingerprint density at radius 3 is 2.72 bits per heavy atom. The molecular formula is C26H31FN6O3. The van der Waals surface area contributed by atoms with Crippen molar-refractivity contribution in [1.82, 2.24) is 24.3 Å². The van der Waals surface area contributed by atoms with Crippen LogP contribution in [0.2, 0.25) is 0 Å². The second-order valence-corrected chi connectivity index (χ2v) is 9.73. The number of nitrogens with one attached hydrogen (secondary N) is 1. The van der Waals surface area contributed by atoms with Crippen LogP contribution in [0.4, 0.5) is 10.2 Å². The van der Waals surface area contributed by atoms with E-state index >= 15 is 4.39 Å². The van der Waals surface area contributed by atoms with Crippen molar-refractivity contribution in [2.45, 2.75) is 71.8 Å². The first kappa shape index (κ1) is 24.1. The van der Waals surface area contributed by atoms with E-state index in [9.17, 15) is 9.59 Å². The number of carbonyl (C=O) groups is 1. The molecule has 0 radical (unpaired) electrons. The van der Waals surface area contributed by atoms with Crippen molar-refractivity contribution in [3.8, 4) is 11.4 Å². The number of rotatable bonds is 6. The van der Waals surface area contributed by atoms with Crippen LogP contribution in [0, 0.1) is 25.6 Å². The number of fused-ring (bicyclic) bond motifs is 1. The second-order valence-electron chi connectivity index (χ2n) is 9.73. The fourth-order valence-corrected chi connectivity index (χ4v) is 5.02. The summed E-state index contributed by atoms with van der Waals surface area (Å²) in [6.45, 7) is 4.54. The van der Waals surface area contributed by atoms with Gasteiger partial charge >= 0.3 is 5.69 Å². The van der Waals surface area contributed by atoms with Gasteiger partial charge in [-0.15, -0.1) is 5.10 Å². The molecule has 10 heteroatoms. The lowest BCUT2D eigenvalue weighted by Gasteiger charge is -2.22. The quantitative estimate of drug-likeness (QED) is 0.553. The van der Waals surface area contributed by atoms with Crippen LogP contribution in [-0.4, -0.2) is 36.8 Å². The van der Waals surface area contributed by atoms with E-state index in [0.717, 1.165) is 55.0 Å². The molecule has 5 rings (SSSR count). The van der Waals surface area contributed by atoms with Gasteiger partial charge in [-0.05, 0) is 51.5 Å². The van der Waals surface area contributed by atoms with Gasteiger partial charge in [0.1, 0.15) is 23.1 Å². The van der Waals surface area contributed by atoms with E-state index in [0.29, 0.717) is 42.8 Å². The summed E-state index contributed by atoms with van der Waals surface area (Å²) in [6.07, 6.45) is 9.68. The highest BCUT2D eigenvalue weighted by Gasteiger charge is 2.24. The second kappa shape index (κ2) is 10.2. The number of aryl methyl sites for hydroxylation is 3. The summed E-state index contributed by atoms with van der Waals surface area (Å²) in [7, 11) is 0. The fraction of sp³-hybridized carbons (Fsp3) is 0.500. The van der Waals surface area contributed by atoms with Gasteiger partial charge < -0.3 is 10.1 Å². The SMILES string of the molecule is Cc1cnc(NC(=O)c2cc(F)c(-n3nc4n(c3=O)CCCC4)cc2OCC2CCCCC2)c(C)n1. The summed E-state index contributed by atoms with van der Waals surface area (Å²) < 4.78 is 24.2. The van der Waals surface area contributed by atoms with Crippen molar-refractivity contribution >= 4 is 11.7 Å². The number of nitrogens with zero attached hydrogens (tertiary/aromatic N) is 5. The zero-order valence-corrected chi connectivity index (χ0v) is 20.7. The van der Waals surface area contributed by atoms with Gasteiger partial charge in [0.05, 0.1) is 29.8 Å². The van der Waals surface area contributed by atoms with Crippen molar-refractivity contribution in [2.75, 3.05) is 11.9 Å². The highest BCUT2D eigenvalue weighted by atomic mass is 19.1. The molecule has 0 spiro atoms. The molecule has 0 saturated heterocycles. The number of hydrogen-bond donors (Lipinski definition) is 1. The Bertz CT molecular complexity index is 1340. The molecule has 0 unspecified atom stereocenters. The van der Waals surface area contributed by atoms with Gasteiger partial charge in [-0.3, -0.25) is 14.3 Å². The minimum Gasteiger partial charge on any atom is -0.492 e. The third-order valence-corrected chi connectivity index (χ3v) is 6.99. The van der Waals surface area contributed by atoms with Crippen LogP contribution in [0.1, 0.15) is 72.5 Å². The monoisotopic (exact) mass is 494 g/mol. The van der Waals surface area contributed by atoms with Crippen LogP contribution < -0.4 is 15.7 Å². The minimum absolute atomic E-state index is 0.0246.